The Balaban J connectivity index is 1.95. The van der Waals surface area contributed by atoms with Crippen molar-refractivity contribution in [1.82, 2.24) is 0 Å². The molecule has 0 heterocycles. The predicted octanol–water partition coefficient (Wildman–Crippen LogP) is 2.13. The molecule has 4 rings (SSSR count). The third-order valence-corrected chi connectivity index (χ3v) is 3.70. The van der Waals surface area contributed by atoms with Gasteiger partial charge in [0.15, 0.2) is 0 Å². The maximum atomic E-state index is 6.05. The van der Waals surface area contributed by atoms with Gasteiger partial charge in [0.2, 0.25) is 0 Å². The van der Waals surface area contributed by atoms with Gasteiger partial charge in [0.25, 0.3) is 0 Å². The lowest BCUT2D eigenvalue weighted by molar-refractivity contribution is -0.0590. The van der Waals surface area contributed by atoms with E-state index in [0.717, 1.165) is 0 Å². The molecule has 3 saturated carbocycles. The fourth-order valence-corrected chi connectivity index (χ4v) is 3.15. The fraction of sp³-hybridized carbons (Fsp3) is 0.500. The molecule has 1 aromatic rings. The van der Waals surface area contributed by atoms with Crippen molar-refractivity contribution in [3.05, 3.63) is 35.4 Å². The average Bonchev–Trinajstić information content (AvgIpc) is 1.97. The standard InChI is InChI=1S/C12H15N/c1-9-3-2-4-10(5-9)11-6-12(13,7-11)8-11/h2-5H,6-8,13H2,1H3. The van der Waals surface area contributed by atoms with Gasteiger partial charge in [-0.25, -0.2) is 0 Å². The minimum Gasteiger partial charge on any atom is -0.325 e. The lowest BCUT2D eigenvalue weighted by Gasteiger charge is -2.69. The molecule has 3 aliphatic carbocycles. The zero-order valence-electron chi connectivity index (χ0n) is 8.01. The lowest BCUT2D eigenvalue weighted by Crippen LogP contribution is -2.74. The molecule has 2 bridgehead atoms. The molecule has 1 aromatic carbocycles. The highest BCUT2D eigenvalue weighted by molar-refractivity contribution is 5.42. The second-order valence-corrected chi connectivity index (χ2v) is 5.04. The van der Waals surface area contributed by atoms with E-state index in [0.29, 0.717) is 5.41 Å². The quantitative estimate of drug-likeness (QED) is 0.691. The first-order valence-electron chi connectivity index (χ1n) is 4.98. The van der Waals surface area contributed by atoms with E-state index in [1.807, 2.05) is 0 Å². The Hall–Kier alpha value is -0.820. The summed E-state index contributed by atoms with van der Waals surface area (Å²) in [5.41, 5.74) is 9.64. The second-order valence-electron chi connectivity index (χ2n) is 5.04. The number of hydrogen-bond acceptors (Lipinski definition) is 1. The molecule has 2 N–H and O–H groups in total. The molecule has 0 aromatic heterocycles. The maximum Gasteiger partial charge on any atom is 0.0179 e. The van der Waals surface area contributed by atoms with Gasteiger partial charge < -0.3 is 5.73 Å². The fourth-order valence-electron chi connectivity index (χ4n) is 3.15. The van der Waals surface area contributed by atoms with Crippen molar-refractivity contribution in [3.8, 4) is 0 Å². The van der Waals surface area contributed by atoms with E-state index in [1.165, 1.54) is 30.4 Å². The summed E-state index contributed by atoms with van der Waals surface area (Å²) in [5, 5.41) is 0. The maximum absolute atomic E-state index is 6.05. The monoisotopic (exact) mass is 173 g/mol. The van der Waals surface area contributed by atoms with E-state index >= 15 is 0 Å². The first-order chi connectivity index (χ1) is 6.12. The van der Waals surface area contributed by atoms with Crippen LogP contribution in [0.4, 0.5) is 0 Å². The van der Waals surface area contributed by atoms with Crippen molar-refractivity contribution in [2.75, 3.05) is 0 Å². The second kappa shape index (κ2) is 1.98. The van der Waals surface area contributed by atoms with Gasteiger partial charge in [-0.15, -0.1) is 0 Å². The van der Waals surface area contributed by atoms with E-state index in [2.05, 4.69) is 31.2 Å². The molecule has 0 unspecified atom stereocenters. The van der Waals surface area contributed by atoms with Crippen molar-refractivity contribution >= 4 is 0 Å². The summed E-state index contributed by atoms with van der Waals surface area (Å²) < 4.78 is 0. The van der Waals surface area contributed by atoms with Crippen LogP contribution in [0.25, 0.3) is 0 Å². The third-order valence-electron chi connectivity index (χ3n) is 3.70. The van der Waals surface area contributed by atoms with Crippen molar-refractivity contribution in [1.29, 1.82) is 0 Å². The molecule has 0 aliphatic heterocycles. The molecule has 0 amide bonds. The zero-order chi connectivity index (χ0) is 9.10. The Morgan fingerprint density at radius 2 is 1.92 bits per heavy atom. The van der Waals surface area contributed by atoms with Gasteiger partial charge >= 0.3 is 0 Å². The summed E-state index contributed by atoms with van der Waals surface area (Å²) >= 11 is 0. The van der Waals surface area contributed by atoms with Crippen LogP contribution < -0.4 is 5.73 Å². The van der Waals surface area contributed by atoms with E-state index < -0.39 is 0 Å². The van der Waals surface area contributed by atoms with Crippen LogP contribution in [0.3, 0.4) is 0 Å². The van der Waals surface area contributed by atoms with Crippen molar-refractivity contribution in [2.45, 2.75) is 37.1 Å². The lowest BCUT2D eigenvalue weighted by atomic mass is 9.38. The Labute approximate surface area is 78.9 Å². The number of nitrogens with two attached hydrogens (primary N) is 1. The van der Waals surface area contributed by atoms with E-state index in [-0.39, 0.29) is 5.54 Å². The summed E-state index contributed by atoms with van der Waals surface area (Å²) in [6, 6.07) is 8.89. The summed E-state index contributed by atoms with van der Waals surface area (Å²) in [7, 11) is 0. The van der Waals surface area contributed by atoms with Crippen molar-refractivity contribution in [2.24, 2.45) is 5.73 Å². The molecule has 3 aliphatic rings. The van der Waals surface area contributed by atoms with Crippen LogP contribution >= 0.6 is 0 Å². The number of hydrogen-bond donors (Lipinski definition) is 1. The Morgan fingerprint density at radius 1 is 1.23 bits per heavy atom. The summed E-state index contributed by atoms with van der Waals surface area (Å²) in [5.74, 6) is 0. The normalized spacial score (nSPS) is 40.8. The minimum atomic E-state index is 0.226. The molecule has 68 valence electrons. The number of aryl methyl sites for hydroxylation is 1. The molecule has 13 heavy (non-hydrogen) atoms. The highest BCUT2D eigenvalue weighted by Crippen LogP contribution is 2.66. The number of rotatable bonds is 1. The van der Waals surface area contributed by atoms with Crippen LogP contribution in [0.15, 0.2) is 24.3 Å². The third kappa shape index (κ3) is 0.856. The predicted molar refractivity (Wildman–Crippen MR) is 53.6 cm³/mol. The largest absolute Gasteiger partial charge is 0.325 e. The molecule has 3 fully saturated rings. The molecule has 0 radical (unpaired) electrons. The van der Waals surface area contributed by atoms with E-state index in [1.54, 1.807) is 0 Å². The molecular formula is C12H15N. The van der Waals surface area contributed by atoms with Gasteiger partial charge in [0, 0.05) is 11.0 Å². The molecule has 1 nitrogen and oxygen atoms in total. The Bertz CT molecular complexity index is 347. The van der Waals surface area contributed by atoms with E-state index in [4.69, 9.17) is 5.73 Å². The Morgan fingerprint density at radius 3 is 2.46 bits per heavy atom. The molecule has 0 spiro atoms. The van der Waals surface area contributed by atoms with Crippen LogP contribution in [0.2, 0.25) is 0 Å². The van der Waals surface area contributed by atoms with Crippen LogP contribution in [-0.4, -0.2) is 5.54 Å². The van der Waals surface area contributed by atoms with Crippen LogP contribution in [-0.2, 0) is 5.41 Å². The van der Waals surface area contributed by atoms with Gasteiger partial charge in [-0.1, -0.05) is 29.8 Å². The summed E-state index contributed by atoms with van der Waals surface area (Å²) in [6.45, 7) is 2.16. The van der Waals surface area contributed by atoms with Crippen LogP contribution in [0.1, 0.15) is 30.4 Å². The van der Waals surface area contributed by atoms with Gasteiger partial charge in [-0.3, -0.25) is 0 Å². The highest BCUT2D eigenvalue weighted by atomic mass is 14.9. The first-order valence-corrected chi connectivity index (χ1v) is 4.98. The summed E-state index contributed by atoms with van der Waals surface area (Å²) in [6.07, 6.45) is 3.64. The molecular weight excluding hydrogens is 158 g/mol. The number of benzene rings is 1. The average molecular weight is 173 g/mol. The summed E-state index contributed by atoms with van der Waals surface area (Å²) in [4.78, 5) is 0. The van der Waals surface area contributed by atoms with Gasteiger partial charge in [-0.05, 0) is 31.7 Å². The minimum absolute atomic E-state index is 0.226. The van der Waals surface area contributed by atoms with E-state index in [9.17, 15) is 0 Å². The highest BCUT2D eigenvalue weighted by Gasteiger charge is 2.66. The van der Waals surface area contributed by atoms with Crippen LogP contribution in [0, 0.1) is 6.92 Å². The topological polar surface area (TPSA) is 26.0 Å². The van der Waals surface area contributed by atoms with Gasteiger partial charge in [0.05, 0.1) is 0 Å². The zero-order valence-corrected chi connectivity index (χ0v) is 8.01. The van der Waals surface area contributed by atoms with Crippen molar-refractivity contribution in [3.63, 3.8) is 0 Å². The molecule has 0 atom stereocenters. The van der Waals surface area contributed by atoms with Gasteiger partial charge in [-0.2, -0.15) is 0 Å². The van der Waals surface area contributed by atoms with Gasteiger partial charge in [0.1, 0.15) is 0 Å². The molecule has 1 heteroatoms. The smallest absolute Gasteiger partial charge is 0.0179 e. The van der Waals surface area contributed by atoms with Crippen molar-refractivity contribution < 1.29 is 0 Å². The first kappa shape index (κ1) is 7.57. The van der Waals surface area contributed by atoms with Crippen LogP contribution in [0.5, 0.6) is 0 Å². The Kier molecular flexibility index (Phi) is 1.15. The molecule has 0 saturated heterocycles. The SMILES string of the molecule is Cc1cccc(C23CC(N)(C2)C3)c1.